The van der Waals surface area contributed by atoms with Crippen molar-refractivity contribution in [3.05, 3.63) is 64.2 Å². The molecule has 12 heteroatoms. The van der Waals surface area contributed by atoms with Crippen molar-refractivity contribution >= 4 is 33.2 Å². The number of methoxy groups -OCH3 is 1. The fourth-order valence-electron chi connectivity index (χ4n) is 3.64. The van der Waals surface area contributed by atoms with Crippen molar-refractivity contribution in [1.29, 1.82) is 0 Å². The van der Waals surface area contributed by atoms with Crippen molar-refractivity contribution in [2.75, 3.05) is 37.8 Å². The Bertz CT molecular complexity index is 1160. The molecule has 0 saturated carbocycles. The smallest absolute Gasteiger partial charge is 0.271 e. The number of carbonyl (C=O) groups is 2. The third kappa shape index (κ3) is 7.15. The molecule has 2 aromatic rings. The van der Waals surface area contributed by atoms with E-state index in [1.54, 1.807) is 6.92 Å². The van der Waals surface area contributed by atoms with E-state index in [0.717, 1.165) is 22.2 Å². The molecule has 0 bridgehead atoms. The van der Waals surface area contributed by atoms with Crippen molar-refractivity contribution in [3.63, 3.8) is 0 Å². The molecule has 1 atom stereocenters. The van der Waals surface area contributed by atoms with Crippen molar-refractivity contribution < 1.29 is 27.7 Å². The van der Waals surface area contributed by atoms with Gasteiger partial charge in [0.2, 0.25) is 21.8 Å². The number of sulfonamides is 1. The zero-order chi connectivity index (χ0) is 26.2. The van der Waals surface area contributed by atoms with Gasteiger partial charge in [-0.3, -0.25) is 24.0 Å². The van der Waals surface area contributed by atoms with E-state index in [0.29, 0.717) is 12.8 Å². The van der Waals surface area contributed by atoms with Crippen LogP contribution in [-0.2, 0) is 26.0 Å². The number of carbonyl (C=O) groups excluding carboxylic acids is 2. The quantitative estimate of drug-likeness (QED) is 0.343. The average molecular weight is 507 g/mol. The van der Waals surface area contributed by atoms with Crippen LogP contribution in [0.2, 0.25) is 0 Å². The minimum atomic E-state index is -4.06. The molecule has 2 aromatic carbocycles. The van der Waals surface area contributed by atoms with Gasteiger partial charge in [0.25, 0.3) is 5.69 Å². The maximum absolute atomic E-state index is 13.5. The Kier molecular flexibility index (Phi) is 9.58. The van der Waals surface area contributed by atoms with Gasteiger partial charge in [-0.1, -0.05) is 37.3 Å². The normalized spacial score (nSPS) is 11.9. The van der Waals surface area contributed by atoms with Crippen LogP contribution >= 0.6 is 0 Å². The third-order valence-electron chi connectivity index (χ3n) is 5.44. The predicted octanol–water partition coefficient (Wildman–Crippen LogP) is 1.97. The molecule has 1 N–H and O–H groups in total. The monoisotopic (exact) mass is 506 g/mol. The molecule has 2 rings (SSSR count). The first kappa shape index (κ1) is 27.6. The minimum Gasteiger partial charge on any atom is -0.495 e. The first-order chi connectivity index (χ1) is 16.5. The second-order valence-electron chi connectivity index (χ2n) is 7.74. The van der Waals surface area contributed by atoms with Crippen LogP contribution in [0, 0.1) is 10.1 Å². The van der Waals surface area contributed by atoms with E-state index < -0.39 is 33.4 Å². The van der Waals surface area contributed by atoms with Crippen LogP contribution in [0.25, 0.3) is 0 Å². The van der Waals surface area contributed by atoms with Crippen LogP contribution in [0.1, 0.15) is 18.9 Å². The van der Waals surface area contributed by atoms with Crippen LogP contribution in [0.4, 0.5) is 11.4 Å². The van der Waals surface area contributed by atoms with E-state index in [-0.39, 0.29) is 29.6 Å². The number of anilines is 1. The molecule has 0 aliphatic heterocycles. The second kappa shape index (κ2) is 12.2. The summed E-state index contributed by atoms with van der Waals surface area (Å²) in [4.78, 5) is 38.0. The van der Waals surface area contributed by atoms with Gasteiger partial charge in [-0.15, -0.1) is 0 Å². The summed E-state index contributed by atoms with van der Waals surface area (Å²) in [5.74, 6) is -0.967. The maximum Gasteiger partial charge on any atom is 0.271 e. The van der Waals surface area contributed by atoms with Crippen LogP contribution in [-0.4, -0.2) is 69.6 Å². The highest BCUT2D eigenvalue weighted by Crippen LogP contribution is 2.33. The fraction of sp³-hybridized carbons (Fsp3) is 0.391. The van der Waals surface area contributed by atoms with E-state index >= 15 is 0 Å². The highest BCUT2D eigenvalue weighted by Gasteiger charge is 2.32. The molecule has 0 radical (unpaired) electrons. The van der Waals surface area contributed by atoms with Gasteiger partial charge < -0.3 is 15.0 Å². The van der Waals surface area contributed by atoms with Gasteiger partial charge in [-0.05, 0) is 24.5 Å². The number of benzene rings is 2. The number of rotatable bonds is 12. The molecular weight excluding hydrogens is 476 g/mol. The number of hydrogen-bond donors (Lipinski definition) is 1. The lowest BCUT2D eigenvalue weighted by Gasteiger charge is -2.32. The standard InChI is InChI=1S/C23H30N4O7S/c1-5-19(23(29)24-2)25(14-13-17-9-7-6-8-10-17)22(28)16-26(35(4,32)33)20-15-18(27(30)31)11-12-21(20)34-3/h6-12,15,19H,5,13-14,16H2,1-4H3,(H,24,29). The summed E-state index contributed by atoms with van der Waals surface area (Å²) in [6.45, 7) is 1.25. The highest BCUT2D eigenvalue weighted by atomic mass is 32.2. The van der Waals surface area contributed by atoms with Gasteiger partial charge in [0, 0.05) is 25.7 Å². The van der Waals surface area contributed by atoms with Crippen LogP contribution in [0.15, 0.2) is 48.5 Å². The zero-order valence-electron chi connectivity index (χ0n) is 20.1. The molecule has 2 amide bonds. The summed E-state index contributed by atoms with van der Waals surface area (Å²) >= 11 is 0. The van der Waals surface area contributed by atoms with Crippen LogP contribution in [0.3, 0.4) is 0 Å². The Morgan fingerprint density at radius 3 is 2.34 bits per heavy atom. The molecule has 190 valence electrons. The van der Waals surface area contributed by atoms with Gasteiger partial charge in [-0.25, -0.2) is 8.42 Å². The number of amides is 2. The van der Waals surface area contributed by atoms with Gasteiger partial charge >= 0.3 is 0 Å². The zero-order valence-corrected chi connectivity index (χ0v) is 20.9. The Balaban J connectivity index is 2.47. The van der Waals surface area contributed by atoms with E-state index in [2.05, 4.69) is 5.32 Å². The summed E-state index contributed by atoms with van der Waals surface area (Å²) in [7, 11) is -1.31. The largest absolute Gasteiger partial charge is 0.495 e. The van der Waals surface area contributed by atoms with Gasteiger partial charge in [0.15, 0.2) is 0 Å². The van der Waals surface area contributed by atoms with Gasteiger partial charge in [0.1, 0.15) is 24.0 Å². The van der Waals surface area contributed by atoms with E-state index in [4.69, 9.17) is 4.74 Å². The van der Waals surface area contributed by atoms with Crippen molar-refractivity contribution in [2.45, 2.75) is 25.8 Å². The number of nitro groups is 1. The first-order valence-corrected chi connectivity index (χ1v) is 12.7. The molecule has 0 heterocycles. The molecule has 1 unspecified atom stereocenters. The molecule has 0 saturated heterocycles. The summed E-state index contributed by atoms with van der Waals surface area (Å²) < 4.78 is 31.4. The Morgan fingerprint density at radius 1 is 1.17 bits per heavy atom. The summed E-state index contributed by atoms with van der Waals surface area (Å²) in [6, 6.07) is 12.0. The topological polar surface area (TPSA) is 139 Å². The van der Waals surface area contributed by atoms with E-state index in [1.165, 1.54) is 31.2 Å². The lowest BCUT2D eigenvalue weighted by Crippen LogP contribution is -2.52. The number of nitro benzene ring substituents is 1. The molecular formula is C23H30N4O7S. The Morgan fingerprint density at radius 2 is 1.83 bits per heavy atom. The SMILES string of the molecule is CCC(C(=O)NC)N(CCc1ccccc1)C(=O)CN(c1cc([N+](=O)[O-])ccc1OC)S(C)(=O)=O. The maximum atomic E-state index is 13.5. The molecule has 11 nitrogen and oxygen atoms in total. The second-order valence-corrected chi connectivity index (χ2v) is 9.65. The molecule has 35 heavy (non-hydrogen) atoms. The Hall–Kier alpha value is -3.67. The summed E-state index contributed by atoms with van der Waals surface area (Å²) in [6.07, 6.45) is 1.64. The van der Waals surface area contributed by atoms with Crippen LogP contribution in [0.5, 0.6) is 5.75 Å². The minimum absolute atomic E-state index is 0.0444. The highest BCUT2D eigenvalue weighted by molar-refractivity contribution is 7.92. The fourth-order valence-corrected chi connectivity index (χ4v) is 4.49. The molecule has 0 spiro atoms. The van der Waals surface area contributed by atoms with E-state index in [1.807, 2.05) is 30.3 Å². The third-order valence-corrected chi connectivity index (χ3v) is 6.56. The molecule has 0 aliphatic carbocycles. The van der Waals surface area contributed by atoms with Crippen molar-refractivity contribution in [1.82, 2.24) is 10.2 Å². The van der Waals surface area contributed by atoms with E-state index in [9.17, 15) is 28.1 Å². The Labute approximate surface area is 204 Å². The molecule has 0 fully saturated rings. The molecule has 0 aliphatic rings. The lowest BCUT2D eigenvalue weighted by molar-refractivity contribution is -0.384. The summed E-state index contributed by atoms with van der Waals surface area (Å²) in [5.41, 5.74) is 0.436. The van der Waals surface area contributed by atoms with Gasteiger partial charge in [0.05, 0.1) is 18.3 Å². The number of non-ortho nitro benzene ring substituents is 1. The average Bonchev–Trinajstić information content (AvgIpc) is 2.83. The van der Waals surface area contributed by atoms with Crippen molar-refractivity contribution in [3.8, 4) is 5.75 Å². The first-order valence-electron chi connectivity index (χ1n) is 10.9. The number of nitrogens with one attached hydrogen (secondary N) is 1. The number of ether oxygens (including phenoxy) is 1. The van der Waals surface area contributed by atoms with Gasteiger partial charge in [-0.2, -0.15) is 0 Å². The number of likely N-dealkylation sites (N-methyl/N-ethyl adjacent to an activating group) is 1. The molecule has 0 aromatic heterocycles. The van der Waals surface area contributed by atoms with Crippen LogP contribution < -0.4 is 14.4 Å². The van der Waals surface area contributed by atoms with Crippen molar-refractivity contribution in [2.24, 2.45) is 0 Å². The lowest BCUT2D eigenvalue weighted by atomic mass is 10.1. The summed E-state index contributed by atoms with van der Waals surface area (Å²) in [5, 5.41) is 13.8. The number of nitrogens with zero attached hydrogens (tertiary/aromatic N) is 3. The predicted molar refractivity (Wildman–Crippen MR) is 132 cm³/mol. The number of hydrogen-bond acceptors (Lipinski definition) is 7.